The summed E-state index contributed by atoms with van der Waals surface area (Å²) >= 11 is 0. The summed E-state index contributed by atoms with van der Waals surface area (Å²) in [5, 5.41) is 7.98. The van der Waals surface area contributed by atoms with Crippen LogP contribution >= 0.6 is 0 Å². The van der Waals surface area contributed by atoms with Crippen LogP contribution in [0.4, 0.5) is 0 Å². The van der Waals surface area contributed by atoms with Crippen molar-refractivity contribution in [1.82, 2.24) is 10.2 Å². The van der Waals surface area contributed by atoms with E-state index < -0.39 is 0 Å². The second-order valence-electron chi connectivity index (χ2n) is 5.14. The third kappa shape index (κ3) is 3.55. The van der Waals surface area contributed by atoms with E-state index >= 15 is 0 Å². The fourth-order valence-electron chi connectivity index (χ4n) is 2.78. The third-order valence-corrected chi connectivity index (χ3v) is 3.71. The Kier molecular flexibility index (Phi) is 5.17. The Hall–Kier alpha value is -0.900. The van der Waals surface area contributed by atoms with Crippen molar-refractivity contribution in [3.05, 3.63) is 41.2 Å². The van der Waals surface area contributed by atoms with Gasteiger partial charge in [0.2, 0.25) is 0 Å². The van der Waals surface area contributed by atoms with E-state index in [1.165, 1.54) is 5.56 Å². The minimum absolute atomic E-state index is 0.320. The van der Waals surface area contributed by atoms with Gasteiger partial charge in [0.15, 0.2) is 0 Å². The highest BCUT2D eigenvalue weighted by Gasteiger charge is 2.16. The van der Waals surface area contributed by atoms with Crippen LogP contribution in [0.3, 0.4) is 0 Å². The average Bonchev–Trinajstić information content (AvgIpc) is 2.42. The van der Waals surface area contributed by atoms with E-state index in [0.717, 1.165) is 32.7 Å². The molecular formula is C15H24N3-. The first-order chi connectivity index (χ1) is 8.81. The molecule has 0 radical (unpaired) electrons. The molecule has 0 amide bonds. The largest absolute Gasteiger partial charge is 0.658 e. The van der Waals surface area contributed by atoms with Crippen molar-refractivity contribution in [1.29, 1.82) is 0 Å². The van der Waals surface area contributed by atoms with Crippen molar-refractivity contribution in [3.63, 3.8) is 0 Å². The summed E-state index contributed by atoms with van der Waals surface area (Å²) in [6.45, 7) is 8.01. The molecule has 3 nitrogen and oxygen atoms in total. The highest BCUT2D eigenvalue weighted by Crippen LogP contribution is 2.29. The lowest BCUT2D eigenvalue weighted by molar-refractivity contribution is 0.204. The molecule has 0 unspecified atom stereocenters. The van der Waals surface area contributed by atoms with Crippen LogP contribution < -0.4 is 5.32 Å². The molecule has 2 atom stereocenters. The summed E-state index contributed by atoms with van der Waals surface area (Å²) in [5.74, 6) is 0.565. The van der Waals surface area contributed by atoms with E-state index in [2.05, 4.69) is 52.8 Å². The normalized spacial score (nSPS) is 20.6. The van der Waals surface area contributed by atoms with Crippen LogP contribution in [0, 0.1) is 5.92 Å². The lowest BCUT2D eigenvalue weighted by Gasteiger charge is -2.38. The van der Waals surface area contributed by atoms with Crippen LogP contribution in [0.15, 0.2) is 30.3 Å². The topological polar surface area (TPSA) is 29.4 Å². The zero-order valence-corrected chi connectivity index (χ0v) is 11.5. The number of benzene rings is 1. The number of rotatable bonds is 5. The Morgan fingerprint density at radius 1 is 1.22 bits per heavy atom. The molecule has 1 N–H and O–H groups in total. The average molecular weight is 246 g/mol. The maximum Gasteiger partial charge on any atom is 0.0107 e. The van der Waals surface area contributed by atoms with Gasteiger partial charge < -0.3 is 15.5 Å². The Morgan fingerprint density at radius 2 is 1.89 bits per heavy atom. The predicted octanol–water partition coefficient (Wildman–Crippen LogP) is 2.27. The lowest BCUT2D eigenvalue weighted by Crippen LogP contribution is -2.45. The predicted molar refractivity (Wildman–Crippen MR) is 76.9 cm³/mol. The maximum atomic E-state index is 4.58. The summed E-state index contributed by atoms with van der Waals surface area (Å²) in [6.07, 6.45) is 0. The van der Waals surface area contributed by atoms with Gasteiger partial charge in [0, 0.05) is 26.2 Å². The summed E-state index contributed by atoms with van der Waals surface area (Å²) in [5.41, 5.74) is 1.34. The molecule has 0 aliphatic carbocycles. The van der Waals surface area contributed by atoms with Crippen molar-refractivity contribution >= 4 is 0 Å². The van der Waals surface area contributed by atoms with Gasteiger partial charge in [-0.25, -0.2) is 0 Å². The van der Waals surface area contributed by atoms with Crippen molar-refractivity contribution in [2.24, 2.45) is 5.92 Å². The first kappa shape index (κ1) is 13.5. The molecular weight excluding hydrogens is 222 g/mol. The van der Waals surface area contributed by atoms with Gasteiger partial charge in [0.05, 0.1) is 0 Å². The molecule has 18 heavy (non-hydrogen) atoms. The molecule has 0 bridgehead atoms. The summed E-state index contributed by atoms with van der Waals surface area (Å²) < 4.78 is 0. The first-order valence-electron chi connectivity index (χ1n) is 6.88. The van der Waals surface area contributed by atoms with Crippen LogP contribution in [0.5, 0.6) is 0 Å². The van der Waals surface area contributed by atoms with E-state index in [1.54, 1.807) is 0 Å². The van der Waals surface area contributed by atoms with Crippen molar-refractivity contribution < 1.29 is 0 Å². The number of hydrogen-bond donors (Lipinski definition) is 1. The zero-order valence-electron chi connectivity index (χ0n) is 11.5. The van der Waals surface area contributed by atoms with Gasteiger partial charge >= 0.3 is 0 Å². The molecule has 0 spiro atoms. The van der Waals surface area contributed by atoms with E-state index in [1.807, 2.05) is 7.05 Å². The van der Waals surface area contributed by atoms with Gasteiger partial charge in [-0.15, -0.1) is 6.04 Å². The van der Waals surface area contributed by atoms with E-state index in [-0.39, 0.29) is 0 Å². The monoisotopic (exact) mass is 246 g/mol. The fraction of sp³-hybridized carbons (Fsp3) is 0.600. The van der Waals surface area contributed by atoms with Crippen LogP contribution in [0.1, 0.15) is 18.5 Å². The van der Waals surface area contributed by atoms with Crippen molar-refractivity contribution in [2.45, 2.75) is 13.0 Å². The Balaban J connectivity index is 1.94. The molecule has 1 aromatic carbocycles. The smallest absolute Gasteiger partial charge is 0.0107 e. The van der Waals surface area contributed by atoms with Gasteiger partial charge in [0.25, 0.3) is 0 Å². The molecule has 1 heterocycles. The van der Waals surface area contributed by atoms with Crippen LogP contribution in [-0.2, 0) is 0 Å². The third-order valence-electron chi connectivity index (χ3n) is 3.71. The molecule has 1 saturated heterocycles. The number of piperazine rings is 1. The minimum atomic E-state index is 0.320. The highest BCUT2D eigenvalue weighted by atomic mass is 15.2. The fourth-order valence-corrected chi connectivity index (χ4v) is 2.78. The second kappa shape index (κ2) is 6.88. The van der Waals surface area contributed by atoms with Gasteiger partial charge in [-0.3, -0.25) is 0 Å². The van der Waals surface area contributed by atoms with E-state index in [0.29, 0.717) is 12.0 Å². The molecule has 0 saturated carbocycles. The number of nitrogens with zero attached hydrogens (tertiary/aromatic N) is 2. The summed E-state index contributed by atoms with van der Waals surface area (Å²) in [4.78, 5) is 2.54. The molecule has 1 aliphatic heterocycles. The molecule has 1 aromatic rings. The van der Waals surface area contributed by atoms with Crippen molar-refractivity contribution in [3.8, 4) is 0 Å². The van der Waals surface area contributed by atoms with E-state index in [9.17, 15) is 0 Å². The van der Waals surface area contributed by atoms with E-state index in [4.69, 9.17) is 0 Å². The molecule has 1 aliphatic rings. The van der Waals surface area contributed by atoms with Gasteiger partial charge in [-0.1, -0.05) is 42.8 Å². The second-order valence-corrected chi connectivity index (χ2v) is 5.14. The number of nitrogens with one attached hydrogen (secondary N) is 1. The zero-order chi connectivity index (χ0) is 12.8. The van der Waals surface area contributed by atoms with Gasteiger partial charge in [0.1, 0.15) is 0 Å². The summed E-state index contributed by atoms with van der Waals surface area (Å²) in [7, 11) is 1.94. The minimum Gasteiger partial charge on any atom is -0.658 e. The SMILES string of the molecule is C[N-][C@@H](c1ccccc1)[C@@H](C)CN1CCNCC1. The Morgan fingerprint density at radius 3 is 2.50 bits per heavy atom. The first-order valence-corrected chi connectivity index (χ1v) is 6.88. The lowest BCUT2D eigenvalue weighted by atomic mass is 9.94. The van der Waals surface area contributed by atoms with Crippen LogP contribution in [-0.4, -0.2) is 44.7 Å². The molecule has 0 aromatic heterocycles. The maximum absolute atomic E-state index is 4.58. The molecule has 1 fully saturated rings. The Labute approximate surface area is 111 Å². The quantitative estimate of drug-likeness (QED) is 0.863. The molecule has 3 heteroatoms. The number of hydrogen-bond acceptors (Lipinski definition) is 2. The van der Waals surface area contributed by atoms with Gasteiger partial charge in [-0.2, -0.15) is 7.05 Å². The molecule has 100 valence electrons. The summed E-state index contributed by atoms with van der Waals surface area (Å²) in [6, 6.07) is 11.0. The highest BCUT2D eigenvalue weighted by molar-refractivity contribution is 5.23. The van der Waals surface area contributed by atoms with Crippen molar-refractivity contribution in [2.75, 3.05) is 39.8 Å². The van der Waals surface area contributed by atoms with Crippen LogP contribution in [0.25, 0.3) is 5.32 Å². The molecule has 2 rings (SSSR count). The van der Waals surface area contributed by atoms with Gasteiger partial charge in [-0.05, 0) is 12.5 Å². The van der Waals surface area contributed by atoms with Crippen LogP contribution in [0.2, 0.25) is 0 Å². The Bertz CT molecular complexity index is 333. The standard InChI is InChI=1S/C15H24N3/c1-13(12-18-10-8-17-9-11-18)15(16-2)14-6-4-3-5-7-14/h3-7,13,15,17H,8-12H2,1-2H3/q-1/t13-,15+/m0/s1.